The summed E-state index contributed by atoms with van der Waals surface area (Å²) in [7, 11) is 0. The van der Waals surface area contributed by atoms with Crippen LogP contribution in [0.2, 0.25) is 5.02 Å². The van der Waals surface area contributed by atoms with Crippen LogP contribution in [0.25, 0.3) is 0 Å². The van der Waals surface area contributed by atoms with E-state index in [1.165, 1.54) is 16.7 Å². The Morgan fingerprint density at radius 1 is 1.29 bits per heavy atom. The van der Waals surface area contributed by atoms with Gasteiger partial charge in [0, 0.05) is 23.4 Å². The lowest BCUT2D eigenvalue weighted by atomic mass is 9.96. The van der Waals surface area contributed by atoms with Crippen LogP contribution in [-0.4, -0.2) is 25.2 Å². The molecule has 1 aliphatic rings. The number of nitrogens with zero attached hydrogens (tertiary/aromatic N) is 1. The largest absolute Gasteiger partial charge is 0.463 e. The molecule has 0 spiro atoms. The fourth-order valence-corrected chi connectivity index (χ4v) is 3.10. The van der Waals surface area contributed by atoms with Gasteiger partial charge in [-0.15, -0.1) is 0 Å². The molecule has 0 saturated carbocycles. The van der Waals surface area contributed by atoms with E-state index >= 15 is 0 Å². The van der Waals surface area contributed by atoms with E-state index in [1.54, 1.807) is 18.4 Å². The summed E-state index contributed by atoms with van der Waals surface area (Å²) in [6, 6.07) is 11.5. The molecule has 3 rings (SSSR count). The summed E-state index contributed by atoms with van der Waals surface area (Å²) in [5.41, 5.74) is 3.89. The molecule has 2 N–H and O–H groups in total. The van der Waals surface area contributed by atoms with Gasteiger partial charge in [0.2, 0.25) is 5.91 Å². The quantitative estimate of drug-likeness (QED) is 0.641. The molecule has 0 atom stereocenters. The number of piperidine rings is 1. The number of hydrazone groups is 1. The summed E-state index contributed by atoms with van der Waals surface area (Å²) in [6.45, 7) is 2.95. The van der Waals surface area contributed by atoms with Gasteiger partial charge in [0.1, 0.15) is 12.3 Å². The highest BCUT2D eigenvalue weighted by molar-refractivity contribution is 6.30. The van der Waals surface area contributed by atoms with Crippen molar-refractivity contribution in [2.75, 3.05) is 13.1 Å². The lowest BCUT2D eigenvalue weighted by Gasteiger charge is -2.28. The van der Waals surface area contributed by atoms with Gasteiger partial charge in [-0.2, -0.15) is 5.10 Å². The molecule has 1 aromatic carbocycles. The standard InChI is InChI=1S/C18H20ClN3O2/c19-16-5-3-14(4-6-16)13-22-9-7-15(8-10-22)18(23)21-20-12-17-2-1-11-24-17/h1-6,11-12,15H,7-10,13H2,(H,21,23)/p+1. The Hall–Kier alpha value is -2.11. The summed E-state index contributed by atoms with van der Waals surface area (Å²) in [6.07, 6.45) is 4.84. The number of likely N-dealkylation sites (tertiary alicyclic amines) is 1. The van der Waals surface area contributed by atoms with E-state index < -0.39 is 0 Å². The Bertz CT molecular complexity index is 675. The first-order valence-electron chi connectivity index (χ1n) is 8.15. The van der Waals surface area contributed by atoms with Crippen LogP contribution in [0.1, 0.15) is 24.2 Å². The molecule has 1 aromatic heterocycles. The number of carbonyl (C=O) groups is 1. The van der Waals surface area contributed by atoms with E-state index in [-0.39, 0.29) is 11.8 Å². The van der Waals surface area contributed by atoms with E-state index in [4.69, 9.17) is 16.0 Å². The molecule has 6 heteroatoms. The monoisotopic (exact) mass is 346 g/mol. The molecule has 126 valence electrons. The van der Waals surface area contributed by atoms with Crippen LogP contribution in [0, 0.1) is 5.92 Å². The highest BCUT2D eigenvalue weighted by Gasteiger charge is 2.27. The highest BCUT2D eigenvalue weighted by Crippen LogP contribution is 2.11. The summed E-state index contributed by atoms with van der Waals surface area (Å²) in [5.74, 6) is 0.647. The van der Waals surface area contributed by atoms with Crippen LogP contribution in [0.4, 0.5) is 0 Å². The predicted octanol–water partition coefficient (Wildman–Crippen LogP) is 1.88. The molecular formula is C18H21ClN3O2+. The maximum absolute atomic E-state index is 12.1. The zero-order chi connectivity index (χ0) is 16.8. The molecule has 0 bridgehead atoms. The lowest BCUT2D eigenvalue weighted by Crippen LogP contribution is -3.11. The Morgan fingerprint density at radius 2 is 2.04 bits per heavy atom. The summed E-state index contributed by atoms with van der Waals surface area (Å²) < 4.78 is 5.13. The first-order valence-corrected chi connectivity index (χ1v) is 8.53. The minimum absolute atomic E-state index is 0.0108. The van der Waals surface area contributed by atoms with E-state index in [9.17, 15) is 4.79 Å². The lowest BCUT2D eigenvalue weighted by molar-refractivity contribution is -0.919. The number of rotatable bonds is 5. The van der Waals surface area contributed by atoms with Crippen LogP contribution in [0.5, 0.6) is 0 Å². The minimum Gasteiger partial charge on any atom is -0.463 e. The van der Waals surface area contributed by atoms with Gasteiger partial charge in [0.05, 0.1) is 31.5 Å². The molecule has 5 nitrogen and oxygen atoms in total. The molecule has 2 heterocycles. The number of benzene rings is 1. The van der Waals surface area contributed by atoms with Gasteiger partial charge in [0.15, 0.2) is 0 Å². The molecule has 0 aliphatic carbocycles. The van der Waals surface area contributed by atoms with Gasteiger partial charge in [-0.1, -0.05) is 23.7 Å². The summed E-state index contributed by atoms with van der Waals surface area (Å²) >= 11 is 5.91. The van der Waals surface area contributed by atoms with Crippen molar-refractivity contribution in [1.29, 1.82) is 0 Å². The van der Waals surface area contributed by atoms with E-state index in [1.807, 2.05) is 12.1 Å². The number of halogens is 1. The van der Waals surface area contributed by atoms with Crippen molar-refractivity contribution in [3.05, 3.63) is 59.0 Å². The fourth-order valence-electron chi connectivity index (χ4n) is 2.97. The second-order valence-electron chi connectivity index (χ2n) is 6.08. The number of hydrogen-bond acceptors (Lipinski definition) is 3. The van der Waals surface area contributed by atoms with Gasteiger partial charge in [-0.05, 0) is 24.3 Å². The van der Waals surface area contributed by atoms with Crippen molar-refractivity contribution in [2.45, 2.75) is 19.4 Å². The van der Waals surface area contributed by atoms with Crippen LogP contribution >= 0.6 is 11.6 Å². The number of quaternary nitrogens is 1. The molecule has 1 fully saturated rings. The third kappa shape index (κ3) is 4.69. The second kappa shape index (κ2) is 8.13. The Morgan fingerprint density at radius 3 is 2.71 bits per heavy atom. The van der Waals surface area contributed by atoms with Gasteiger partial charge in [0.25, 0.3) is 0 Å². The topological polar surface area (TPSA) is 59.0 Å². The van der Waals surface area contributed by atoms with Crippen molar-refractivity contribution in [2.24, 2.45) is 11.0 Å². The second-order valence-corrected chi connectivity index (χ2v) is 6.51. The maximum atomic E-state index is 12.1. The molecule has 1 aliphatic heterocycles. The third-order valence-electron chi connectivity index (χ3n) is 4.34. The molecular weight excluding hydrogens is 326 g/mol. The normalized spacial score (nSPS) is 21.0. The van der Waals surface area contributed by atoms with Crippen LogP contribution in [0.15, 0.2) is 52.2 Å². The van der Waals surface area contributed by atoms with E-state index in [0.717, 1.165) is 37.5 Å². The minimum atomic E-state index is -0.0108. The Balaban J connectivity index is 1.42. The molecule has 24 heavy (non-hydrogen) atoms. The van der Waals surface area contributed by atoms with E-state index in [0.29, 0.717) is 5.76 Å². The molecule has 0 unspecified atom stereocenters. The molecule has 1 saturated heterocycles. The average Bonchev–Trinajstić information content (AvgIpc) is 3.11. The van der Waals surface area contributed by atoms with Gasteiger partial charge < -0.3 is 9.32 Å². The fraction of sp³-hybridized carbons (Fsp3) is 0.333. The molecule has 1 amide bonds. The van der Waals surface area contributed by atoms with Crippen molar-refractivity contribution in [3.8, 4) is 0 Å². The number of furan rings is 1. The Labute approximate surface area is 146 Å². The zero-order valence-corrected chi connectivity index (χ0v) is 14.1. The molecule has 2 aromatic rings. The number of nitrogens with one attached hydrogen (secondary N) is 2. The smallest absolute Gasteiger partial charge is 0.243 e. The predicted molar refractivity (Wildman–Crippen MR) is 93.0 cm³/mol. The van der Waals surface area contributed by atoms with Crippen LogP contribution in [0.3, 0.4) is 0 Å². The van der Waals surface area contributed by atoms with Crippen molar-refractivity contribution < 1.29 is 14.1 Å². The average molecular weight is 347 g/mol. The van der Waals surface area contributed by atoms with E-state index in [2.05, 4.69) is 22.7 Å². The number of carbonyl (C=O) groups excluding carboxylic acids is 1. The highest BCUT2D eigenvalue weighted by atomic mass is 35.5. The number of hydrogen-bond donors (Lipinski definition) is 2. The Kier molecular flexibility index (Phi) is 5.67. The van der Waals surface area contributed by atoms with Gasteiger partial charge in [-0.3, -0.25) is 4.79 Å². The summed E-state index contributed by atoms with van der Waals surface area (Å²) in [5, 5.41) is 4.71. The number of amides is 1. The first-order chi connectivity index (χ1) is 11.7. The van der Waals surface area contributed by atoms with Crippen molar-refractivity contribution >= 4 is 23.7 Å². The van der Waals surface area contributed by atoms with Gasteiger partial charge >= 0.3 is 0 Å². The zero-order valence-electron chi connectivity index (χ0n) is 13.4. The van der Waals surface area contributed by atoms with Crippen LogP contribution < -0.4 is 10.3 Å². The van der Waals surface area contributed by atoms with Crippen LogP contribution in [-0.2, 0) is 11.3 Å². The van der Waals surface area contributed by atoms with Crippen molar-refractivity contribution in [3.63, 3.8) is 0 Å². The summed E-state index contributed by atoms with van der Waals surface area (Å²) in [4.78, 5) is 13.7. The first kappa shape index (κ1) is 16.7. The van der Waals surface area contributed by atoms with Crippen molar-refractivity contribution in [1.82, 2.24) is 5.43 Å². The third-order valence-corrected chi connectivity index (χ3v) is 4.59. The molecule has 0 radical (unpaired) electrons. The van der Waals surface area contributed by atoms with Gasteiger partial charge in [-0.25, -0.2) is 5.43 Å². The maximum Gasteiger partial charge on any atom is 0.243 e. The SMILES string of the molecule is O=C(NN=Cc1ccco1)C1CC[NH+](Cc2ccc(Cl)cc2)CC1.